The van der Waals surface area contributed by atoms with Gasteiger partial charge in [0.15, 0.2) is 0 Å². The molecule has 1 aliphatic rings. The summed E-state index contributed by atoms with van der Waals surface area (Å²) >= 11 is 0. The first-order valence-electron chi connectivity index (χ1n) is 12.7. The standard InChI is InChI=1S/C27H48O6/c1-25(2,3)31-22(28)19-13-11-10-12-14-20(23(29)32-26(4,5)6)16-18-21(17-15-19)24(30)33-27(7,8)9/h19-21H,10-18H2,1-9H3. The molecule has 2 atom stereocenters. The zero-order chi connectivity index (χ0) is 25.4. The Morgan fingerprint density at radius 1 is 0.455 bits per heavy atom. The predicted molar refractivity (Wildman–Crippen MR) is 130 cm³/mol. The zero-order valence-electron chi connectivity index (χ0n) is 22.5. The van der Waals surface area contributed by atoms with E-state index in [9.17, 15) is 14.4 Å². The van der Waals surface area contributed by atoms with Gasteiger partial charge in [0.2, 0.25) is 0 Å². The molecule has 0 N–H and O–H groups in total. The van der Waals surface area contributed by atoms with Gasteiger partial charge in [-0.2, -0.15) is 0 Å². The van der Waals surface area contributed by atoms with Crippen LogP contribution >= 0.6 is 0 Å². The van der Waals surface area contributed by atoms with Crippen LogP contribution in [0.2, 0.25) is 0 Å². The van der Waals surface area contributed by atoms with Crippen LogP contribution < -0.4 is 0 Å². The quantitative estimate of drug-likeness (QED) is 0.353. The Kier molecular flexibility index (Phi) is 10.9. The topological polar surface area (TPSA) is 78.9 Å². The number of ether oxygens (including phenoxy) is 3. The van der Waals surface area contributed by atoms with Crippen LogP contribution in [-0.2, 0) is 28.6 Å². The minimum Gasteiger partial charge on any atom is -0.460 e. The molecule has 0 aromatic carbocycles. The lowest BCUT2D eigenvalue weighted by Gasteiger charge is -2.28. The summed E-state index contributed by atoms with van der Waals surface area (Å²) in [7, 11) is 0. The minimum absolute atomic E-state index is 0.186. The highest BCUT2D eigenvalue weighted by Crippen LogP contribution is 2.31. The molecule has 0 radical (unpaired) electrons. The van der Waals surface area contributed by atoms with Crippen LogP contribution in [-0.4, -0.2) is 34.7 Å². The van der Waals surface area contributed by atoms with E-state index < -0.39 is 16.8 Å². The molecule has 1 fully saturated rings. The largest absolute Gasteiger partial charge is 0.460 e. The van der Waals surface area contributed by atoms with Crippen LogP contribution in [0.25, 0.3) is 0 Å². The molecule has 192 valence electrons. The second-order valence-electron chi connectivity index (χ2n) is 12.5. The van der Waals surface area contributed by atoms with Crippen molar-refractivity contribution in [3.05, 3.63) is 0 Å². The van der Waals surface area contributed by atoms with Gasteiger partial charge < -0.3 is 14.2 Å². The van der Waals surface area contributed by atoms with Crippen LogP contribution in [0.15, 0.2) is 0 Å². The van der Waals surface area contributed by atoms with Crippen LogP contribution in [0.3, 0.4) is 0 Å². The van der Waals surface area contributed by atoms with E-state index in [2.05, 4.69) is 0 Å². The third-order valence-electron chi connectivity index (χ3n) is 5.55. The van der Waals surface area contributed by atoms with E-state index in [-0.39, 0.29) is 35.7 Å². The maximum absolute atomic E-state index is 13.0. The molecular formula is C27H48O6. The van der Waals surface area contributed by atoms with Crippen molar-refractivity contribution in [3.63, 3.8) is 0 Å². The first kappa shape index (κ1) is 29.4. The molecule has 0 heterocycles. The van der Waals surface area contributed by atoms with E-state index in [1.807, 2.05) is 62.3 Å². The molecule has 1 aliphatic carbocycles. The molecule has 33 heavy (non-hydrogen) atoms. The Bertz CT molecular complexity index is 605. The number of hydrogen-bond donors (Lipinski definition) is 0. The van der Waals surface area contributed by atoms with Crippen molar-refractivity contribution in [2.45, 2.75) is 137 Å². The maximum atomic E-state index is 13.0. The molecule has 1 saturated carbocycles. The molecule has 0 amide bonds. The lowest BCUT2D eigenvalue weighted by Crippen LogP contribution is -2.32. The van der Waals surface area contributed by atoms with Crippen molar-refractivity contribution in [2.24, 2.45) is 17.8 Å². The number of carbonyl (C=O) groups excluding carboxylic acids is 3. The Hall–Kier alpha value is -1.59. The van der Waals surface area contributed by atoms with Gasteiger partial charge in [-0.15, -0.1) is 0 Å². The molecule has 0 aliphatic heterocycles. The fraction of sp³-hybridized carbons (Fsp3) is 0.889. The van der Waals surface area contributed by atoms with E-state index in [4.69, 9.17) is 14.2 Å². The minimum atomic E-state index is -0.587. The van der Waals surface area contributed by atoms with Crippen LogP contribution in [0.4, 0.5) is 0 Å². The third-order valence-corrected chi connectivity index (χ3v) is 5.55. The zero-order valence-corrected chi connectivity index (χ0v) is 22.5. The molecule has 2 unspecified atom stereocenters. The van der Waals surface area contributed by atoms with Gasteiger partial charge in [0.25, 0.3) is 0 Å². The van der Waals surface area contributed by atoms with E-state index in [1.54, 1.807) is 0 Å². The Labute approximate surface area is 201 Å². The fourth-order valence-electron chi connectivity index (χ4n) is 4.06. The smallest absolute Gasteiger partial charge is 0.309 e. The second kappa shape index (κ2) is 12.2. The Balaban J connectivity index is 3.01. The van der Waals surface area contributed by atoms with Crippen LogP contribution in [0.1, 0.15) is 120 Å². The number of hydrogen-bond acceptors (Lipinski definition) is 6. The Morgan fingerprint density at radius 3 is 0.939 bits per heavy atom. The highest BCUT2D eigenvalue weighted by atomic mass is 16.6. The summed E-state index contributed by atoms with van der Waals surface area (Å²) in [6.45, 7) is 16.8. The highest BCUT2D eigenvalue weighted by molar-refractivity contribution is 5.75. The predicted octanol–water partition coefficient (Wildman–Crippen LogP) is 6.38. The van der Waals surface area contributed by atoms with E-state index in [0.717, 1.165) is 32.1 Å². The first-order valence-corrected chi connectivity index (χ1v) is 12.7. The SMILES string of the molecule is CC(C)(C)OC(=O)C1CCCCCC(C(=O)OC(C)(C)C)CCC(C(=O)OC(C)(C)C)CC1. The van der Waals surface area contributed by atoms with E-state index in [1.165, 1.54) is 0 Å². The molecule has 0 saturated heterocycles. The second-order valence-corrected chi connectivity index (χ2v) is 12.5. The van der Waals surface area contributed by atoms with Crippen molar-refractivity contribution in [1.82, 2.24) is 0 Å². The number of rotatable bonds is 3. The molecule has 6 heteroatoms. The highest BCUT2D eigenvalue weighted by Gasteiger charge is 2.32. The Morgan fingerprint density at radius 2 is 0.697 bits per heavy atom. The molecular weight excluding hydrogens is 420 g/mol. The van der Waals surface area contributed by atoms with E-state index >= 15 is 0 Å². The summed E-state index contributed by atoms with van der Waals surface area (Å²) in [6, 6.07) is 0. The van der Waals surface area contributed by atoms with Gasteiger partial charge in [-0.1, -0.05) is 19.3 Å². The van der Waals surface area contributed by atoms with Crippen molar-refractivity contribution < 1.29 is 28.6 Å². The van der Waals surface area contributed by atoms with Gasteiger partial charge in [-0.05, 0) is 101 Å². The van der Waals surface area contributed by atoms with Gasteiger partial charge in [0.05, 0.1) is 17.8 Å². The maximum Gasteiger partial charge on any atom is 0.309 e. The summed E-state index contributed by atoms with van der Waals surface area (Å²) in [6.07, 6.45) is 6.43. The molecule has 1 rings (SSSR count). The van der Waals surface area contributed by atoms with Gasteiger partial charge >= 0.3 is 17.9 Å². The average Bonchev–Trinajstić information content (AvgIpc) is 2.57. The molecule has 0 bridgehead atoms. The van der Waals surface area contributed by atoms with Gasteiger partial charge in [-0.3, -0.25) is 14.4 Å². The third kappa shape index (κ3) is 13.0. The number of esters is 3. The summed E-state index contributed by atoms with van der Waals surface area (Å²) < 4.78 is 17.0. The lowest BCUT2D eigenvalue weighted by atomic mass is 9.84. The molecule has 0 spiro atoms. The molecule has 0 aromatic heterocycles. The van der Waals surface area contributed by atoms with Gasteiger partial charge in [0.1, 0.15) is 16.8 Å². The lowest BCUT2D eigenvalue weighted by molar-refractivity contribution is -0.165. The van der Waals surface area contributed by atoms with Crippen molar-refractivity contribution in [3.8, 4) is 0 Å². The normalized spacial score (nSPS) is 24.1. The summed E-state index contributed by atoms with van der Waals surface area (Å²) in [4.78, 5) is 38.6. The van der Waals surface area contributed by atoms with Crippen LogP contribution in [0, 0.1) is 17.8 Å². The van der Waals surface area contributed by atoms with Gasteiger partial charge in [0, 0.05) is 0 Å². The number of carbonyl (C=O) groups is 3. The van der Waals surface area contributed by atoms with E-state index in [0.29, 0.717) is 25.7 Å². The molecule has 0 aromatic rings. The molecule has 6 nitrogen and oxygen atoms in total. The summed E-state index contributed by atoms with van der Waals surface area (Å²) in [5, 5.41) is 0. The van der Waals surface area contributed by atoms with Crippen molar-refractivity contribution in [2.75, 3.05) is 0 Å². The summed E-state index contributed by atoms with van der Waals surface area (Å²) in [5.41, 5.74) is -1.66. The summed E-state index contributed by atoms with van der Waals surface area (Å²) in [5.74, 6) is -1.45. The van der Waals surface area contributed by atoms with Gasteiger partial charge in [-0.25, -0.2) is 0 Å². The van der Waals surface area contributed by atoms with Crippen molar-refractivity contribution in [1.29, 1.82) is 0 Å². The average molecular weight is 469 g/mol. The monoisotopic (exact) mass is 468 g/mol. The van der Waals surface area contributed by atoms with Crippen LogP contribution in [0.5, 0.6) is 0 Å². The van der Waals surface area contributed by atoms with Crippen molar-refractivity contribution >= 4 is 17.9 Å². The first-order chi connectivity index (χ1) is 15.0. The fourth-order valence-corrected chi connectivity index (χ4v) is 4.06.